The van der Waals surface area contributed by atoms with Gasteiger partial charge in [0.25, 0.3) is 0 Å². The van der Waals surface area contributed by atoms with E-state index in [-0.39, 0.29) is 9.77 Å². The molecule has 0 aliphatic carbocycles. The normalized spacial score (nSPS) is 14.4. The van der Waals surface area contributed by atoms with Crippen LogP contribution < -0.4 is 4.72 Å². The van der Waals surface area contributed by atoms with Gasteiger partial charge in [-0.15, -0.1) is 11.3 Å². The molecule has 0 aliphatic heterocycles. The summed E-state index contributed by atoms with van der Waals surface area (Å²) >= 11 is 0.918. The molecule has 0 aliphatic rings. The van der Waals surface area contributed by atoms with Gasteiger partial charge in [-0.1, -0.05) is 20.3 Å². The molecular formula is C12H17NO6S2. The highest BCUT2D eigenvalue weighted by molar-refractivity contribution is 7.89. The van der Waals surface area contributed by atoms with E-state index in [0.29, 0.717) is 6.42 Å². The van der Waals surface area contributed by atoms with E-state index in [1.54, 1.807) is 13.8 Å². The van der Waals surface area contributed by atoms with Crippen LogP contribution in [0.4, 0.5) is 0 Å². The van der Waals surface area contributed by atoms with E-state index in [0.717, 1.165) is 18.4 Å². The number of carboxylic acids is 1. The van der Waals surface area contributed by atoms with Gasteiger partial charge >= 0.3 is 11.9 Å². The summed E-state index contributed by atoms with van der Waals surface area (Å²) in [5, 5.41) is 10.6. The number of thiophene rings is 1. The number of esters is 1. The van der Waals surface area contributed by atoms with Crippen LogP contribution in [0.3, 0.4) is 0 Å². The quantitative estimate of drug-likeness (QED) is 0.727. The van der Waals surface area contributed by atoms with Gasteiger partial charge in [0.05, 0.1) is 7.11 Å². The third-order valence-corrected chi connectivity index (χ3v) is 5.56. The number of carbonyl (C=O) groups is 2. The third kappa shape index (κ3) is 4.02. The lowest BCUT2D eigenvalue weighted by atomic mass is 10.0. The second-order valence-electron chi connectivity index (χ2n) is 4.43. The molecular weight excluding hydrogens is 318 g/mol. The molecule has 0 radical (unpaired) electrons. The lowest BCUT2D eigenvalue weighted by molar-refractivity contribution is -0.140. The molecule has 0 bridgehead atoms. The van der Waals surface area contributed by atoms with Crippen LogP contribution in [0, 0.1) is 5.92 Å². The molecule has 0 saturated heterocycles. The number of carboxylic acid groups (broad SMARTS) is 1. The van der Waals surface area contributed by atoms with E-state index in [1.165, 1.54) is 11.4 Å². The second kappa shape index (κ2) is 7.01. The highest BCUT2D eigenvalue weighted by atomic mass is 32.2. The Hall–Kier alpha value is -1.45. The van der Waals surface area contributed by atoms with Gasteiger partial charge in [-0.25, -0.2) is 13.2 Å². The van der Waals surface area contributed by atoms with Gasteiger partial charge in [0.15, 0.2) is 0 Å². The van der Waals surface area contributed by atoms with Crippen LogP contribution in [0.25, 0.3) is 0 Å². The zero-order valence-electron chi connectivity index (χ0n) is 11.8. The summed E-state index contributed by atoms with van der Waals surface area (Å²) in [6.45, 7) is 3.40. The fourth-order valence-corrected chi connectivity index (χ4v) is 4.26. The number of hydrogen-bond acceptors (Lipinski definition) is 6. The predicted octanol–water partition coefficient (Wildman–Crippen LogP) is 1.31. The van der Waals surface area contributed by atoms with E-state index in [2.05, 4.69) is 9.46 Å². The molecule has 1 unspecified atom stereocenters. The summed E-state index contributed by atoms with van der Waals surface area (Å²) in [6, 6.07) is -0.0141. The van der Waals surface area contributed by atoms with Gasteiger partial charge in [0.1, 0.15) is 15.8 Å². The Morgan fingerprint density at radius 1 is 1.48 bits per heavy atom. The second-order valence-corrected chi connectivity index (χ2v) is 7.03. The minimum Gasteiger partial charge on any atom is -0.480 e. The first-order valence-corrected chi connectivity index (χ1v) is 8.51. The summed E-state index contributed by atoms with van der Waals surface area (Å²) in [6.07, 6.45) is 0.493. The highest BCUT2D eigenvalue weighted by Gasteiger charge is 2.32. The van der Waals surface area contributed by atoms with Crippen LogP contribution in [0.5, 0.6) is 0 Å². The topological polar surface area (TPSA) is 110 Å². The van der Waals surface area contributed by atoms with Crippen molar-refractivity contribution in [2.75, 3.05) is 7.11 Å². The van der Waals surface area contributed by atoms with Crippen molar-refractivity contribution in [2.45, 2.75) is 31.2 Å². The fourth-order valence-electron chi connectivity index (χ4n) is 1.63. The van der Waals surface area contributed by atoms with Crippen molar-refractivity contribution in [3.63, 3.8) is 0 Å². The van der Waals surface area contributed by atoms with E-state index in [9.17, 15) is 18.0 Å². The first-order chi connectivity index (χ1) is 9.74. The van der Waals surface area contributed by atoms with Gasteiger partial charge in [-0.3, -0.25) is 4.79 Å². The number of rotatable bonds is 7. The smallest absolute Gasteiger partial charge is 0.349 e. The predicted molar refractivity (Wildman–Crippen MR) is 76.9 cm³/mol. The number of aliphatic carboxylic acids is 1. The Balaban J connectivity index is 3.14. The molecule has 0 amide bonds. The molecule has 0 aromatic carbocycles. The van der Waals surface area contributed by atoms with Gasteiger partial charge in [0, 0.05) is 0 Å². The summed E-state index contributed by atoms with van der Waals surface area (Å²) < 4.78 is 31.2. The average molecular weight is 335 g/mol. The first-order valence-electron chi connectivity index (χ1n) is 6.15. The Labute approximate surface area is 127 Å². The molecule has 1 aromatic rings. The molecule has 0 spiro atoms. The van der Waals surface area contributed by atoms with Crippen LogP contribution in [-0.4, -0.2) is 38.6 Å². The summed E-state index contributed by atoms with van der Waals surface area (Å²) in [7, 11) is -2.98. The monoisotopic (exact) mass is 335 g/mol. The van der Waals surface area contributed by atoms with Gasteiger partial charge in [-0.05, 0) is 17.4 Å². The van der Waals surface area contributed by atoms with Crippen LogP contribution in [0.2, 0.25) is 0 Å². The van der Waals surface area contributed by atoms with Crippen molar-refractivity contribution >= 4 is 33.3 Å². The number of hydrogen-bond donors (Lipinski definition) is 2. The third-order valence-electron chi connectivity index (χ3n) is 3.05. The standard InChI is InChI=1S/C12H17NO6S2/c1-4-7(2)9(11(14)15)13-21(17,18)8-5-6-20-10(8)12(16)19-3/h5-7,9,13H,4H2,1-3H3,(H,14,15)/t7?,9-/m0/s1. The lowest BCUT2D eigenvalue weighted by Crippen LogP contribution is -2.45. The Morgan fingerprint density at radius 2 is 2.10 bits per heavy atom. The number of methoxy groups -OCH3 is 1. The molecule has 2 atom stereocenters. The maximum atomic E-state index is 12.3. The summed E-state index contributed by atoms with van der Waals surface area (Å²) in [5.41, 5.74) is 0. The van der Waals surface area contributed by atoms with E-state index < -0.39 is 33.9 Å². The number of ether oxygens (including phenoxy) is 1. The van der Waals surface area contributed by atoms with Crippen molar-refractivity contribution in [1.82, 2.24) is 4.72 Å². The first kappa shape index (κ1) is 17.6. The largest absolute Gasteiger partial charge is 0.480 e. The highest BCUT2D eigenvalue weighted by Crippen LogP contribution is 2.23. The Bertz CT molecular complexity index is 621. The van der Waals surface area contributed by atoms with Crippen molar-refractivity contribution in [2.24, 2.45) is 5.92 Å². The Kier molecular flexibility index (Phi) is 5.87. The summed E-state index contributed by atoms with van der Waals surface area (Å²) in [4.78, 5) is 22.4. The minimum absolute atomic E-state index is 0.0849. The van der Waals surface area contributed by atoms with Gasteiger partial charge in [-0.2, -0.15) is 4.72 Å². The van der Waals surface area contributed by atoms with Crippen LogP contribution in [-0.2, 0) is 19.6 Å². The van der Waals surface area contributed by atoms with Crippen molar-refractivity contribution < 1.29 is 27.9 Å². The molecule has 1 rings (SSSR count). The van der Waals surface area contributed by atoms with Crippen molar-refractivity contribution in [3.05, 3.63) is 16.3 Å². The van der Waals surface area contributed by atoms with E-state index >= 15 is 0 Å². The molecule has 0 fully saturated rings. The van der Waals surface area contributed by atoms with Gasteiger partial charge < -0.3 is 9.84 Å². The SMILES string of the molecule is CCC(C)[C@H](NS(=O)(=O)c1ccsc1C(=O)OC)C(=O)O. The maximum absolute atomic E-state index is 12.3. The Morgan fingerprint density at radius 3 is 2.57 bits per heavy atom. The molecule has 1 heterocycles. The molecule has 9 heteroatoms. The van der Waals surface area contributed by atoms with E-state index in [1.807, 2.05) is 0 Å². The molecule has 7 nitrogen and oxygen atoms in total. The van der Waals surface area contributed by atoms with Crippen LogP contribution in [0.15, 0.2) is 16.3 Å². The zero-order chi connectivity index (χ0) is 16.2. The fraction of sp³-hybridized carbons (Fsp3) is 0.500. The molecule has 2 N–H and O–H groups in total. The zero-order valence-corrected chi connectivity index (χ0v) is 13.5. The van der Waals surface area contributed by atoms with Gasteiger partial charge in [0.2, 0.25) is 10.0 Å². The molecule has 118 valence electrons. The number of carbonyl (C=O) groups excluding carboxylic acids is 1. The maximum Gasteiger partial charge on any atom is 0.349 e. The van der Waals surface area contributed by atoms with Crippen LogP contribution in [0.1, 0.15) is 29.9 Å². The molecule has 1 aromatic heterocycles. The van der Waals surface area contributed by atoms with Crippen LogP contribution >= 0.6 is 11.3 Å². The van der Waals surface area contributed by atoms with Crippen molar-refractivity contribution in [1.29, 1.82) is 0 Å². The van der Waals surface area contributed by atoms with E-state index in [4.69, 9.17) is 5.11 Å². The average Bonchev–Trinajstić information content (AvgIpc) is 2.93. The van der Waals surface area contributed by atoms with Crippen molar-refractivity contribution in [3.8, 4) is 0 Å². The molecule has 0 saturated carbocycles. The number of sulfonamides is 1. The summed E-state index contributed by atoms with van der Waals surface area (Å²) in [5.74, 6) is -2.43. The molecule has 21 heavy (non-hydrogen) atoms. The minimum atomic E-state index is -4.12. The number of nitrogens with one attached hydrogen (secondary N) is 1. The lowest BCUT2D eigenvalue weighted by Gasteiger charge is -2.20.